The van der Waals surface area contributed by atoms with E-state index in [2.05, 4.69) is 5.32 Å². The van der Waals surface area contributed by atoms with E-state index in [9.17, 15) is 18.4 Å². The molecule has 0 aliphatic rings. The molecular formula is C20H17F2NO4. The molecule has 2 aromatic carbocycles. The van der Waals surface area contributed by atoms with Gasteiger partial charge in [-0.15, -0.1) is 0 Å². The minimum Gasteiger partial charge on any atom is -0.464 e. The second kappa shape index (κ2) is 7.57. The molecular weight excluding hydrogens is 356 g/mol. The van der Waals surface area contributed by atoms with Crippen LogP contribution in [0.5, 0.6) is 0 Å². The van der Waals surface area contributed by atoms with E-state index in [-0.39, 0.29) is 12.1 Å². The van der Waals surface area contributed by atoms with Gasteiger partial charge >= 0.3 is 5.97 Å². The second-order valence-electron chi connectivity index (χ2n) is 6.18. The Labute approximate surface area is 153 Å². The first-order chi connectivity index (χ1) is 12.8. The van der Waals surface area contributed by atoms with E-state index < -0.39 is 29.6 Å². The highest BCUT2D eigenvalue weighted by Gasteiger charge is 2.20. The van der Waals surface area contributed by atoms with Gasteiger partial charge in [0.25, 0.3) is 5.91 Å². The van der Waals surface area contributed by atoms with Crippen LogP contribution in [-0.4, -0.2) is 18.0 Å². The van der Waals surface area contributed by atoms with Gasteiger partial charge in [-0.3, -0.25) is 9.59 Å². The highest BCUT2D eigenvalue weighted by Crippen LogP contribution is 2.23. The van der Waals surface area contributed by atoms with Crippen molar-refractivity contribution in [2.24, 2.45) is 0 Å². The molecule has 0 unspecified atom stereocenters. The van der Waals surface area contributed by atoms with E-state index in [1.54, 1.807) is 0 Å². The summed E-state index contributed by atoms with van der Waals surface area (Å²) in [6.07, 6.45) is 0.255. The summed E-state index contributed by atoms with van der Waals surface area (Å²) < 4.78 is 37.0. The lowest BCUT2D eigenvalue weighted by atomic mass is 10.1. The van der Waals surface area contributed by atoms with Crippen molar-refractivity contribution in [3.8, 4) is 0 Å². The standard InChI is InChI=1S/C20H17F2NO4/c1-11-3-5-15-13(10-26-18(15)7-11)8-19(24)27-12(2)20(25)23-17-6-4-14(21)9-16(17)22/h3-7,9-10,12H,8H2,1-2H3,(H,23,25)/t12-/m1/s1. The zero-order chi connectivity index (χ0) is 19.6. The summed E-state index contributed by atoms with van der Waals surface area (Å²) in [4.78, 5) is 24.2. The van der Waals surface area contributed by atoms with Crippen molar-refractivity contribution in [2.75, 3.05) is 5.32 Å². The molecule has 1 atom stereocenters. The zero-order valence-corrected chi connectivity index (χ0v) is 14.7. The molecule has 0 fully saturated rings. The molecule has 1 aromatic heterocycles. The summed E-state index contributed by atoms with van der Waals surface area (Å²) in [5.41, 5.74) is 2.15. The number of amides is 1. The average Bonchev–Trinajstić information content (AvgIpc) is 2.98. The minimum absolute atomic E-state index is 0.0708. The number of hydrogen-bond donors (Lipinski definition) is 1. The SMILES string of the molecule is Cc1ccc2c(CC(=O)O[C@H](C)C(=O)Nc3ccc(F)cc3F)coc2c1. The first kappa shape index (κ1) is 18.6. The van der Waals surface area contributed by atoms with Gasteiger partial charge in [0.05, 0.1) is 18.4 Å². The third kappa shape index (κ3) is 4.31. The Morgan fingerprint density at radius 3 is 2.70 bits per heavy atom. The molecule has 0 saturated heterocycles. The van der Waals surface area contributed by atoms with E-state index in [0.717, 1.165) is 23.1 Å². The maximum atomic E-state index is 13.6. The summed E-state index contributed by atoms with van der Waals surface area (Å²) in [5.74, 6) is -3.02. The van der Waals surface area contributed by atoms with Crippen molar-refractivity contribution < 1.29 is 27.5 Å². The normalized spacial score (nSPS) is 12.0. The van der Waals surface area contributed by atoms with Crippen molar-refractivity contribution in [3.05, 3.63) is 65.4 Å². The lowest BCUT2D eigenvalue weighted by molar-refractivity contribution is -0.152. The molecule has 0 spiro atoms. The van der Waals surface area contributed by atoms with Crippen LogP contribution in [0.3, 0.4) is 0 Å². The molecule has 1 heterocycles. The van der Waals surface area contributed by atoms with Gasteiger partial charge in [0, 0.05) is 17.0 Å². The van der Waals surface area contributed by atoms with Crippen LogP contribution in [0, 0.1) is 18.6 Å². The Bertz CT molecular complexity index is 1010. The van der Waals surface area contributed by atoms with Gasteiger partial charge in [-0.05, 0) is 37.6 Å². The number of aryl methyl sites for hydroxylation is 1. The number of anilines is 1. The molecule has 140 valence electrons. The number of fused-ring (bicyclic) bond motifs is 1. The summed E-state index contributed by atoms with van der Waals surface area (Å²) in [6, 6.07) is 8.37. The number of hydrogen-bond acceptors (Lipinski definition) is 4. The number of halogens is 2. The quantitative estimate of drug-likeness (QED) is 0.683. The molecule has 3 rings (SSSR count). The molecule has 0 radical (unpaired) electrons. The molecule has 5 nitrogen and oxygen atoms in total. The van der Waals surface area contributed by atoms with Crippen molar-refractivity contribution in [1.82, 2.24) is 0 Å². The summed E-state index contributed by atoms with van der Waals surface area (Å²) >= 11 is 0. The lowest BCUT2D eigenvalue weighted by Gasteiger charge is -2.13. The highest BCUT2D eigenvalue weighted by molar-refractivity contribution is 5.95. The fourth-order valence-electron chi connectivity index (χ4n) is 2.60. The topological polar surface area (TPSA) is 68.5 Å². The first-order valence-corrected chi connectivity index (χ1v) is 8.25. The molecule has 0 aliphatic carbocycles. The average molecular weight is 373 g/mol. The second-order valence-corrected chi connectivity index (χ2v) is 6.18. The van der Waals surface area contributed by atoms with Crippen molar-refractivity contribution in [3.63, 3.8) is 0 Å². The third-order valence-electron chi connectivity index (χ3n) is 4.01. The largest absolute Gasteiger partial charge is 0.464 e. The van der Waals surface area contributed by atoms with Crippen molar-refractivity contribution in [1.29, 1.82) is 0 Å². The Hall–Kier alpha value is -3.22. The zero-order valence-electron chi connectivity index (χ0n) is 14.7. The van der Waals surface area contributed by atoms with Gasteiger partial charge in [-0.25, -0.2) is 8.78 Å². The minimum atomic E-state index is -1.15. The number of nitrogens with one attached hydrogen (secondary N) is 1. The molecule has 0 saturated carbocycles. The number of benzene rings is 2. The van der Waals surface area contributed by atoms with Gasteiger partial charge in [-0.2, -0.15) is 0 Å². The fraction of sp³-hybridized carbons (Fsp3) is 0.200. The third-order valence-corrected chi connectivity index (χ3v) is 4.01. The maximum Gasteiger partial charge on any atom is 0.311 e. The molecule has 0 bridgehead atoms. The molecule has 7 heteroatoms. The molecule has 1 N–H and O–H groups in total. The fourth-order valence-corrected chi connectivity index (χ4v) is 2.60. The van der Waals surface area contributed by atoms with E-state index in [1.165, 1.54) is 13.2 Å². The summed E-state index contributed by atoms with van der Waals surface area (Å²) in [5, 5.41) is 3.06. The molecule has 1 amide bonds. The molecule has 3 aromatic rings. The molecule has 27 heavy (non-hydrogen) atoms. The van der Waals surface area contributed by atoms with Crippen LogP contribution in [0.1, 0.15) is 18.1 Å². The van der Waals surface area contributed by atoms with Crippen LogP contribution in [-0.2, 0) is 20.7 Å². The van der Waals surface area contributed by atoms with Gasteiger partial charge in [0.2, 0.25) is 0 Å². The van der Waals surface area contributed by atoms with Gasteiger partial charge in [-0.1, -0.05) is 12.1 Å². The number of furan rings is 1. The Morgan fingerprint density at radius 1 is 1.19 bits per heavy atom. The Kier molecular flexibility index (Phi) is 5.21. The Balaban J connectivity index is 1.61. The number of carbonyl (C=O) groups is 2. The van der Waals surface area contributed by atoms with E-state index >= 15 is 0 Å². The first-order valence-electron chi connectivity index (χ1n) is 8.25. The van der Waals surface area contributed by atoms with Crippen LogP contribution < -0.4 is 5.32 Å². The van der Waals surface area contributed by atoms with Gasteiger partial charge < -0.3 is 14.5 Å². The lowest BCUT2D eigenvalue weighted by Crippen LogP contribution is -2.30. The van der Waals surface area contributed by atoms with Crippen molar-refractivity contribution >= 4 is 28.5 Å². The monoisotopic (exact) mass is 373 g/mol. The van der Waals surface area contributed by atoms with E-state index in [4.69, 9.17) is 9.15 Å². The highest BCUT2D eigenvalue weighted by atomic mass is 19.1. The molecule has 0 aliphatic heterocycles. The summed E-state index contributed by atoms with van der Waals surface area (Å²) in [6.45, 7) is 3.30. The van der Waals surface area contributed by atoms with Crippen LogP contribution in [0.4, 0.5) is 14.5 Å². The smallest absolute Gasteiger partial charge is 0.311 e. The maximum absolute atomic E-state index is 13.6. The number of carbonyl (C=O) groups excluding carboxylic acids is 2. The summed E-state index contributed by atoms with van der Waals surface area (Å²) in [7, 11) is 0. The predicted molar refractivity (Wildman–Crippen MR) is 95.2 cm³/mol. The van der Waals surface area contributed by atoms with Crippen molar-refractivity contribution in [2.45, 2.75) is 26.4 Å². The van der Waals surface area contributed by atoms with Crippen LogP contribution in [0.25, 0.3) is 11.0 Å². The van der Waals surface area contributed by atoms with E-state index in [0.29, 0.717) is 17.2 Å². The number of rotatable bonds is 5. The van der Waals surface area contributed by atoms with Gasteiger partial charge in [0.1, 0.15) is 17.2 Å². The van der Waals surface area contributed by atoms with E-state index in [1.807, 2.05) is 25.1 Å². The van der Waals surface area contributed by atoms with Crippen LogP contribution >= 0.6 is 0 Å². The van der Waals surface area contributed by atoms with Crippen LogP contribution in [0.2, 0.25) is 0 Å². The number of esters is 1. The van der Waals surface area contributed by atoms with Crippen LogP contribution in [0.15, 0.2) is 47.1 Å². The predicted octanol–water partition coefficient (Wildman–Crippen LogP) is 4.13. The number of ether oxygens (including phenoxy) is 1. The van der Waals surface area contributed by atoms with Gasteiger partial charge in [0.15, 0.2) is 6.10 Å². The Morgan fingerprint density at radius 2 is 1.96 bits per heavy atom.